The molecule has 58 heavy (non-hydrogen) atoms. The number of aliphatic hydroxyl groups excluding tert-OH is 2. The van der Waals surface area contributed by atoms with Crippen molar-refractivity contribution in [1.29, 1.82) is 0 Å². The molecular formula is C48H95O9P. The van der Waals surface area contributed by atoms with Gasteiger partial charge in [-0.25, -0.2) is 4.57 Å². The Labute approximate surface area is 358 Å². The predicted octanol–water partition coefficient (Wildman–Crippen LogP) is 14.0. The Morgan fingerprint density at radius 2 is 0.879 bits per heavy atom. The van der Waals surface area contributed by atoms with Crippen molar-refractivity contribution in [1.82, 2.24) is 0 Å². The van der Waals surface area contributed by atoms with Crippen LogP contribution in [0.4, 0.5) is 0 Å². The van der Waals surface area contributed by atoms with E-state index in [0.29, 0.717) is 6.61 Å². The highest BCUT2D eigenvalue weighted by Gasteiger charge is 2.26. The summed E-state index contributed by atoms with van der Waals surface area (Å²) in [6, 6.07) is 0. The molecule has 0 aromatic heterocycles. The summed E-state index contributed by atoms with van der Waals surface area (Å²) in [5, 5.41) is 18.4. The summed E-state index contributed by atoms with van der Waals surface area (Å²) in [4.78, 5) is 22.7. The third kappa shape index (κ3) is 44.7. The summed E-state index contributed by atoms with van der Waals surface area (Å²) in [6.45, 7) is 3.58. The predicted molar refractivity (Wildman–Crippen MR) is 242 cm³/mol. The lowest BCUT2D eigenvalue weighted by Crippen LogP contribution is -2.29. The van der Waals surface area contributed by atoms with E-state index in [1.807, 2.05) is 0 Å². The normalized spacial score (nSPS) is 13.9. The zero-order valence-corrected chi connectivity index (χ0v) is 38.9. The van der Waals surface area contributed by atoms with Gasteiger partial charge in [0, 0.05) is 13.0 Å². The van der Waals surface area contributed by atoms with Gasteiger partial charge in [0.05, 0.1) is 26.4 Å². The van der Waals surface area contributed by atoms with E-state index >= 15 is 0 Å². The zero-order valence-electron chi connectivity index (χ0n) is 38.0. The number of carbonyl (C=O) groups is 1. The molecule has 0 aliphatic heterocycles. The van der Waals surface area contributed by atoms with Gasteiger partial charge in [-0.1, -0.05) is 212 Å². The summed E-state index contributed by atoms with van der Waals surface area (Å²) < 4.78 is 33.5. The lowest BCUT2D eigenvalue weighted by molar-refractivity contribution is -0.154. The fraction of sp³-hybridized carbons (Fsp3) is 0.938. The summed E-state index contributed by atoms with van der Waals surface area (Å²) >= 11 is 0. The van der Waals surface area contributed by atoms with E-state index in [9.17, 15) is 19.4 Å². The zero-order chi connectivity index (χ0) is 42.5. The van der Waals surface area contributed by atoms with Gasteiger partial charge in [-0.2, -0.15) is 0 Å². The molecule has 0 spiro atoms. The van der Waals surface area contributed by atoms with E-state index in [1.54, 1.807) is 0 Å². The lowest BCUT2D eigenvalue weighted by Gasteiger charge is -2.20. The maximum Gasteiger partial charge on any atom is 0.472 e. The van der Waals surface area contributed by atoms with Gasteiger partial charge in [-0.3, -0.25) is 13.8 Å². The second-order valence-electron chi connectivity index (χ2n) is 16.8. The topological polar surface area (TPSA) is 132 Å². The summed E-state index contributed by atoms with van der Waals surface area (Å²) in [6.07, 6.45) is 47.4. The summed E-state index contributed by atoms with van der Waals surface area (Å²) in [7, 11) is -4.52. The number of esters is 1. The highest BCUT2D eigenvalue weighted by molar-refractivity contribution is 7.47. The van der Waals surface area contributed by atoms with Crippen LogP contribution >= 0.6 is 7.82 Å². The molecule has 346 valence electrons. The van der Waals surface area contributed by atoms with E-state index in [1.165, 1.54) is 186 Å². The molecule has 0 aliphatic rings. The van der Waals surface area contributed by atoms with Crippen molar-refractivity contribution in [3.8, 4) is 0 Å². The van der Waals surface area contributed by atoms with E-state index in [4.69, 9.17) is 23.6 Å². The molecule has 0 radical (unpaired) electrons. The van der Waals surface area contributed by atoms with Crippen LogP contribution in [0.25, 0.3) is 0 Å². The fourth-order valence-electron chi connectivity index (χ4n) is 7.18. The first-order valence-electron chi connectivity index (χ1n) is 24.7. The molecule has 0 heterocycles. The minimum atomic E-state index is -4.52. The highest BCUT2D eigenvalue weighted by atomic mass is 31.2. The smallest absolute Gasteiger partial charge is 0.457 e. The molecule has 0 saturated heterocycles. The third-order valence-corrected chi connectivity index (χ3v) is 11.9. The van der Waals surface area contributed by atoms with E-state index in [-0.39, 0.29) is 25.6 Å². The van der Waals surface area contributed by atoms with Gasteiger partial charge >= 0.3 is 13.8 Å². The molecule has 10 heteroatoms. The Morgan fingerprint density at radius 1 is 0.517 bits per heavy atom. The van der Waals surface area contributed by atoms with Crippen LogP contribution in [0.2, 0.25) is 0 Å². The molecule has 3 N–H and O–H groups in total. The highest BCUT2D eigenvalue weighted by Crippen LogP contribution is 2.43. The number of rotatable bonds is 48. The average Bonchev–Trinajstić information content (AvgIpc) is 3.21. The Bertz CT molecular complexity index is 918. The van der Waals surface area contributed by atoms with Gasteiger partial charge < -0.3 is 24.6 Å². The van der Waals surface area contributed by atoms with Crippen LogP contribution in [0.5, 0.6) is 0 Å². The van der Waals surface area contributed by atoms with Gasteiger partial charge in [0.2, 0.25) is 0 Å². The first kappa shape index (κ1) is 57.2. The monoisotopic (exact) mass is 847 g/mol. The Kier molecular flexibility index (Phi) is 45.1. The quantitative estimate of drug-likeness (QED) is 0.0237. The van der Waals surface area contributed by atoms with Crippen LogP contribution in [0.1, 0.15) is 245 Å². The number of carbonyl (C=O) groups excluding carboxylic acids is 1. The summed E-state index contributed by atoms with van der Waals surface area (Å²) in [5.41, 5.74) is 0. The molecule has 3 atom stereocenters. The molecule has 0 saturated carbocycles. The van der Waals surface area contributed by atoms with Crippen molar-refractivity contribution in [2.45, 2.75) is 257 Å². The summed E-state index contributed by atoms with van der Waals surface area (Å²) in [5.74, 6) is -0.381. The first-order chi connectivity index (χ1) is 28.3. The SMILES string of the molecule is CCCCCCCCCC/C=C\CCCCCCCCCC(=O)O[C@H](COCCCCCCCCCCCCCCCCCCCC)COP(=O)(O)OC[C@@H](O)CO. The van der Waals surface area contributed by atoms with Crippen LogP contribution in [-0.4, -0.2) is 66.3 Å². The van der Waals surface area contributed by atoms with Crippen LogP contribution in [0.3, 0.4) is 0 Å². The van der Waals surface area contributed by atoms with Gasteiger partial charge in [0.25, 0.3) is 0 Å². The second kappa shape index (κ2) is 45.7. The van der Waals surface area contributed by atoms with Gasteiger partial charge in [0.15, 0.2) is 0 Å². The van der Waals surface area contributed by atoms with Crippen LogP contribution < -0.4 is 0 Å². The molecule has 0 fully saturated rings. The van der Waals surface area contributed by atoms with Gasteiger partial charge in [-0.15, -0.1) is 0 Å². The van der Waals surface area contributed by atoms with E-state index in [0.717, 1.165) is 38.5 Å². The van der Waals surface area contributed by atoms with E-state index < -0.39 is 33.2 Å². The number of phosphoric acid groups is 1. The molecule has 0 amide bonds. The van der Waals surface area contributed by atoms with Crippen molar-refractivity contribution in [3.05, 3.63) is 12.2 Å². The van der Waals surface area contributed by atoms with Gasteiger partial charge in [-0.05, 0) is 38.5 Å². The van der Waals surface area contributed by atoms with Crippen molar-refractivity contribution in [3.63, 3.8) is 0 Å². The third-order valence-electron chi connectivity index (χ3n) is 11.0. The number of allylic oxidation sites excluding steroid dienone is 2. The Morgan fingerprint density at radius 3 is 1.29 bits per heavy atom. The number of hydrogen-bond donors (Lipinski definition) is 3. The minimum Gasteiger partial charge on any atom is -0.457 e. The first-order valence-corrected chi connectivity index (χ1v) is 26.2. The van der Waals surface area contributed by atoms with Crippen molar-refractivity contribution >= 4 is 13.8 Å². The minimum absolute atomic E-state index is 0.0539. The molecule has 0 bridgehead atoms. The van der Waals surface area contributed by atoms with Crippen LogP contribution in [0, 0.1) is 0 Å². The maximum atomic E-state index is 12.7. The Hall–Kier alpha value is -0.800. The molecule has 0 aliphatic carbocycles. The number of aliphatic hydroxyl groups is 2. The van der Waals surface area contributed by atoms with Crippen LogP contribution in [0.15, 0.2) is 12.2 Å². The average molecular weight is 847 g/mol. The lowest BCUT2D eigenvalue weighted by atomic mass is 10.0. The molecule has 1 unspecified atom stereocenters. The van der Waals surface area contributed by atoms with Crippen molar-refractivity contribution in [2.24, 2.45) is 0 Å². The largest absolute Gasteiger partial charge is 0.472 e. The Balaban J connectivity index is 4.07. The molecule has 0 aromatic carbocycles. The van der Waals surface area contributed by atoms with Gasteiger partial charge in [0.1, 0.15) is 12.2 Å². The molecular weight excluding hydrogens is 751 g/mol. The molecule has 0 aromatic rings. The number of phosphoric ester groups is 1. The number of ether oxygens (including phenoxy) is 2. The maximum absolute atomic E-state index is 12.7. The number of unbranched alkanes of at least 4 members (excludes halogenated alkanes) is 32. The van der Waals surface area contributed by atoms with Crippen molar-refractivity contribution < 1.29 is 43.0 Å². The van der Waals surface area contributed by atoms with E-state index in [2.05, 4.69) is 26.0 Å². The fourth-order valence-corrected chi connectivity index (χ4v) is 7.97. The molecule has 0 rings (SSSR count). The molecule has 9 nitrogen and oxygen atoms in total. The standard InChI is InChI=1S/C48H95O9P/c1-3-5-7-9-11-13-15-17-19-21-23-24-26-28-30-32-34-36-38-40-48(51)57-47(45-56-58(52,53)55-43-46(50)42-49)44-54-41-39-37-35-33-31-29-27-25-22-20-18-16-14-12-10-8-6-4-2/h21,23,46-47,49-50H,3-20,22,24-45H2,1-2H3,(H,52,53)/b23-21-/t46-,47+/m0/s1. The number of hydrogen-bond acceptors (Lipinski definition) is 8. The second-order valence-corrected chi connectivity index (χ2v) is 18.3. The van der Waals surface area contributed by atoms with Crippen molar-refractivity contribution in [2.75, 3.05) is 33.0 Å². The van der Waals surface area contributed by atoms with Crippen LogP contribution in [-0.2, 0) is 27.9 Å².